The Morgan fingerprint density at radius 1 is 1.45 bits per heavy atom. The highest BCUT2D eigenvalue weighted by Crippen LogP contribution is 2.37. The molecule has 0 aliphatic heterocycles. The second kappa shape index (κ2) is 5.57. The van der Waals surface area contributed by atoms with Crippen LogP contribution in [0.5, 0.6) is 0 Å². The molecule has 1 saturated carbocycles. The largest absolute Gasteiger partial charge is 0.380 e. The van der Waals surface area contributed by atoms with Crippen molar-refractivity contribution in [3.8, 4) is 0 Å². The van der Waals surface area contributed by atoms with Crippen molar-refractivity contribution in [3.05, 3.63) is 28.5 Å². The van der Waals surface area contributed by atoms with Crippen LogP contribution in [-0.2, 0) is 0 Å². The van der Waals surface area contributed by atoms with Crippen LogP contribution in [0.1, 0.15) is 49.9 Å². The van der Waals surface area contributed by atoms with Gasteiger partial charge in [-0.3, -0.25) is 4.79 Å². The predicted octanol–water partition coefficient (Wildman–Crippen LogP) is 3.58. The van der Waals surface area contributed by atoms with E-state index in [9.17, 15) is 4.79 Å². The summed E-state index contributed by atoms with van der Waals surface area (Å²) in [7, 11) is 0. The summed E-state index contributed by atoms with van der Waals surface area (Å²) in [5.74, 6) is -0.453. The van der Waals surface area contributed by atoms with E-state index in [0.29, 0.717) is 17.0 Å². The maximum Gasteiger partial charge on any atom is 0.252 e. The number of aromatic nitrogens is 2. The number of nitrogens with zero attached hydrogens (tertiary/aromatic N) is 2. The molecule has 0 bridgehead atoms. The van der Waals surface area contributed by atoms with Crippen LogP contribution in [0, 0.1) is 5.41 Å². The highest BCUT2D eigenvalue weighted by molar-refractivity contribution is 9.10. The van der Waals surface area contributed by atoms with Gasteiger partial charge < -0.3 is 11.1 Å². The van der Waals surface area contributed by atoms with Crippen molar-refractivity contribution in [1.82, 2.24) is 9.61 Å². The summed E-state index contributed by atoms with van der Waals surface area (Å²) < 4.78 is 2.68. The first kappa shape index (κ1) is 15.3. The fraction of sp³-hybridized carbons (Fsp3) is 0.500. The zero-order valence-electron chi connectivity index (χ0n) is 12.9. The summed E-state index contributed by atoms with van der Waals surface area (Å²) in [4.78, 5) is 11.7. The lowest BCUT2D eigenvalue weighted by atomic mass is 9.75. The molecule has 0 saturated heterocycles. The average Bonchev–Trinajstić information content (AvgIpc) is 2.81. The standard InChI is InChI=1S/C16H21BrN4O/c1-16(2)5-3-11(4-6-16)20-14-12(15(18)22)8-19-21-9-10(17)7-13(14)21/h7-9,11,20H,3-6H2,1-2H3,(H2,18,22). The molecule has 22 heavy (non-hydrogen) atoms. The molecule has 2 aromatic heterocycles. The average molecular weight is 365 g/mol. The number of nitrogens with two attached hydrogens (primary N) is 1. The van der Waals surface area contributed by atoms with E-state index >= 15 is 0 Å². The smallest absolute Gasteiger partial charge is 0.252 e. The number of anilines is 1. The number of carbonyl (C=O) groups is 1. The maximum atomic E-state index is 11.7. The highest BCUT2D eigenvalue weighted by atomic mass is 79.9. The Morgan fingerprint density at radius 2 is 2.14 bits per heavy atom. The molecule has 0 atom stereocenters. The van der Waals surface area contributed by atoms with E-state index in [0.717, 1.165) is 28.5 Å². The van der Waals surface area contributed by atoms with Gasteiger partial charge in [0.1, 0.15) is 0 Å². The van der Waals surface area contributed by atoms with Crippen LogP contribution in [0.15, 0.2) is 22.9 Å². The summed E-state index contributed by atoms with van der Waals surface area (Å²) in [6, 6.07) is 2.32. The summed E-state index contributed by atoms with van der Waals surface area (Å²) in [5, 5.41) is 7.79. The predicted molar refractivity (Wildman–Crippen MR) is 91.1 cm³/mol. The molecule has 0 radical (unpaired) electrons. The minimum absolute atomic E-state index is 0.367. The van der Waals surface area contributed by atoms with Crippen LogP contribution in [0.25, 0.3) is 5.52 Å². The Labute approximate surface area is 138 Å². The van der Waals surface area contributed by atoms with Crippen molar-refractivity contribution in [1.29, 1.82) is 0 Å². The number of amides is 1. The molecule has 5 nitrogen and oxygen atoms in total. The molecule has 118 valence electrons. The normalized spacial score (nSPS) is 18.5. The second-order valence-corrected chi connectivity index (χ2v) is 7.78. The van der Waals surface area contributed by atoms with E-state index in [-0.39, 0.29) is 0 Å². The van der Waals surface area contributed by atoms with Crippen LogP contribution in [0.2, 0.25) is 0 Å². The van der Waals surface area contributed by atoms with Gasteiger partial charge in [-0.15, -0.1) is 0 Å². The first-order valence-corrected chi connectivity index (χ1v) is 8.38. The molecule has 0 aromatic carbocycles. The Balaban J connectivity index is 1.94. The molecule has 2 aromatic rings. The second-order valence-electron chi connectivity index (χ2n) is 6.87. The molecule has 0 spiro atoms. The number of primary amides is 1. The number of hydrogen-bond donors (Lipinski definition) is 2. The van der Waals surface area contributed by atoms with Crippen molar-refractivity contribution in [3.63, 3.8) is 0 Å². The maximum absolute atomic E-state index is 11.7. The van der Waals surface area contributed by atoms with Crippen molar-refractivity contribution >= 4 is 33.0 Å². The lowest BCUT2D eigenvalue weighted by Crippen LogP contribution is -2.31. The van der Waals surface area contributed by atoms with Crippen LogP contribution < -0.4 is 11.1 Å². The van der Waals surface area contributed by atoms with E-state index in [1.807, 2.05) is 12.3 Å². The molecule has 1 aliphatic carbocycles. The number of nitrogens with one attached hydrogen (secondary N) is 1. The van der Waals surface area contributed by atoms with E-state index < -0.39 is 5.91 Å². The molecular weight excluding hydrogens is 344 g/mol. The Hall–Kier alpha value is -1.56. The molecule has 1 aliphatic rings. The third-order valence-corrected chi connectivity index (χ3v) is 4.99. The molecule has 2 heterocycles. The van der Waals surface area contributed by atoms with Gasteiger partial charge in [0.2, 0.25) is 0 Å². The van der Waals surface area contributed by atoms with Gasteiger partial charge in [0, 0.05) is 16.7 Å². The fourth-order valence-corrected chi connectivity index (χ4v) is 3.52. The molecule has 3 N–H and O–H groups in total. The topological polar surface area (TPSA) is 72.4 Å². The van der Waals surface area contributed by atoms with Crippen molar-refractivity contribution < 1.29 is 4.79 Å². The number of hydrogen-bond acceptors (Lipinski definition) is 3. The van der Waals surface area contributed by atoms with E-state index in [1.165, 1.54) is 19.0 Å². The number of carbonyl (C=O) groups excluding carboxylic acids is 1. The highest BCUT2D eigenvalue weighted by Gasteiger charge is 2.28. The van der Waals surface area contributed by atoms with Crippen molar-refractivity contribution in [2.45, 2.75) is 45.6 Å². The van der Waals surface area contributed by atoms with Gasteiger partial charge in [0.25, 0.3) is 5.91 Å². The van der Waals surface area contributed by atoms with Crippen LogP contribution in [0.4, 0.5) is 5.69 Å². The van der Waals surface area contributed by atoms with Gasteiger partial charge in [-0.2, -0.15) is 5.10 Å². The minimum atomic E-state index is -0.453. The molecule has 3 rings (SSSR count). The van der Waals surface area contributed by atoms with Crippen molar-refractivity contribution in [2.24, 2.45) is 11.1 Å². The number of fused-ring (bicyclic) bond motifs is 1. The third-order valence-electron chi connectivity index (χ3n) is 4.56. The van der Waals surface area contributed by atoms with E-state index in [2.05, 4.69) is 40.2 Å². The number of rotatable bonds is 3. The quantitative estimate of drug-likeness (QED) is 0.873. The SMILES string of the molecule is CC1(C)CCC(Nc2c(C(N)=O)cnn3cc(Br)cc23)CC1. The Bertz CT molecular complexity index is 712. The van der Waals surface area contributed by atoms with Gasteiger partial charge in [0.05, 0.1) is 23.0 Å². The molecule has 1 fully saturated rings. The molecular formula is C16H21BrN4O. The monoisotopic (exact) mass is 364 g/mol. The van der Waals surface area contributed by atoms with Gasteiger partial charge in [-0.1, -0.05) is 13.8 Å². The molecule has 1 amide bonds. The fourth-order valence-electron chi connectivity index (χ4n) is 3.11. The van der Waals surface area contributed by atoms with E-state index in [1.54, 1.807) is 4.52 Å². The lowest BCUT2D eigenvalue weighted by Gasteiger charge is -2.35. The van der Waals surface area contributed by atoms with Crippen LogP contribution in [-0.4, -0.2) is 21.6 Å². The molecule has 6 heteroatoms. The summed E-state index contributed by atoms with van der Waals surface area (Å²) >= 11 is 3.46. The van der Waals surface area contributed by atoms with Gasteiger partial charge in [-0.05, 0) is 53.1 Å². The summed E-state index contributed by atoms with van der Waals surface area (Å²) in [6.45, 7) is 4.62. The lowest BCUT2D eigenvalue weighted by molar-refractivity contribution is 0.100. The molecule has 0 unspecified atom stereocenters. The van der Waals surface area contributed by atoms with Gasteiger partial charge in [0.15, 0.2) is 0 Å². The van der Waals surface area contributed by atoms with Gasteiger partial charge >= 0.3 is 0 Å². The van der Waals surface area contributed by atoms with Crippen LogP contribution >= 0.6 is 15.9 Å². The van der Waals surface area contributed by atoms with Crippen molar-refractivity contribution in [2.75, 3.05) is 5.32 Å². The van der Waals surface area contributed by atoms with E-state index in [4.69, 9.17) is 5.73 Å². The summed E-state index contributed by atoms with van der Waals surface area (Å²) in [5.41, 5.74) is 8.04. The minimum Gasteiger partial charge on any atom is -0.380 e. The Morgan fingerprint density at radius 3 is 2.77 bits per heavy atom. The first-order chi connectivity index (χ1) is 10.4. The summed E-state index contributed by atoms with van der Waals surface area (Å²) in [6.07, 6.45) is 7.97. The van der Waals surface area contributed by atoms with Crippen LogP contribution in [0.3, 0.4) is 0 Å². The third kappa shape index (κ3) is 2.97. The number of halogens is 1. The first-order valence-electron chi connectivity index (χ1n) is 7.59. The zero-order chi connectivity index (χ0) is 15.9. The Kier molecular flexibility index (Phi) is 3.89. The van der Waals surface area contributed by atoms with Gasteiger partial charge in [-0.25, -0.2) is 4.52 Å². The zero-order valence-corrected chi connectivity index (χ0v) is 14.5.